The minimum Gasteiger partial charge on any atom is -0.385 e. The number of carbonyl (C=O) groups is 4. The Balaban J connectivity index is 0.874. The molecule has 3 aromatic rings. The van der Waals surface area contributed by atoms with Crippen LogP contribution in [-0.2, 0) is 9.59 Å². The number of hydrogen-bond acceptors (Lipinski definition) is 8. The summed E-state index contributed by atoms with van der Waals surface area (Å²) in [6, 6.07) is 10.9. The van der Waals surface area contributed by atoms with Gasteiger partial charge in [0.05, 0.1) is 29.1 Å². The summed E-state index contributed by atoms with van der Waals surface area (Å²) in [5.41, 5.74) is 4.60. The van der Waals surface area contributed by atoms with Crippen LogP contribution < -0.4 is 16.0 Å². The molecule has 2 aromatic heterocycles. The van der Waals surface area contributed by atoms with Gasteiger partial charge in [-0.05, 0) is 94.3 Å². The van der Waals surface area contributed by atoms with Gasteiger partial charge in [-0.15, -0.1) is 0 Å². The van der Waals surface area contributed by atoms with Gasteiger partial charge in [-0.3, -0.25) is 39.1 Å². The van der Waals surface area contributed by atoms with Crippen LogP contribution in [0.3, 0.4) is 0 Å². The first-order valence-electron chi connectivity index (χ1n) is 15.8. The van der Waals surface area contributed by atoms with Gasteiger partial charge >= 0.3 is 0 Å². The number of nitrogens with one attached hydrogen (secondary N) is 3. The van der Waals surface area contributed by atoms with Crippen LogP contribution in [0.25, 0.3) is 11.3 Å². The molecule has 2 saturated heterocycles. The van der Waals surface area contributed by atoms with Crippen LogP contribution in [0, 0.1) is 5.92 Å². The number of amides is 4. The highest BCUT2D eigenvalue weighted by Gasteiger charge is 2.44. The Kier molecular flexibility index (Phi) is 7.71. The first-order chi connectivity index (χ1) is 21.4. The van der Waals surface area contributed by atoms with Gasteiger partial charge in [-0.2, -0.15) is 5.10 Å². The van der Waals surface area contributed by atoms with Crippen molar-refractivity contribution in [3.8, 4) is 11.3 Å². The molecule has 4 amide bonds. The smallest absolute Gasteiger partial charge is 0.262 e. The minimum absolute atomic E-state index is 0.103. The summed E-state index contributed by atoms with van der Waals surface area (Å²) < 4.78 is 2.10. The topological polar surface area (TPSA) is 138 Å². The molecule has 0 spiro atoms. The maximum absolute atomic E-state index is 13.1. The summed E-state index contributed by atoms with van der Waals surface area (Å²) in [6.45, 7) is 2.86. The molecule has 1 unspecified atom stereocenters. The van der Waals surface area contributed by atoms with Crippen LogP contribution in [0.5, 0.6) is 0 Å². The highest BCUT2D eigenvalue weighted by atomic mass is 16.2. The lowest BCUT2D eigenvalue weighted by Gasteiger charge is -2.35. The van der Waals surface area contributed by atoms with Gasteiger partial charge < -0.3 is 10.6 Å². The molecular weight excluding hydrogens is 558 g/mol. The maximum Gasteiger partial charge on any atom is 0.262 e. The van der Waals surface area contributed by atoms with Crippen molar-refractivity contribution in [2.45, 2.75) is 69.4 Å². The average molecular weight is 596 g/mol. The first-order valence-corrected chi connectivity index (χ1v) is 15.8. The second kappa shape index (κ2) is 12.0. The molecule has 44 heavy (non-hydrogen) atoms. The summed E-state index contributed by atoms with van der Waals surface area (Å²) in [7, 11) is 0. The molecule has 0 radical (unpaired) electrons. The maximum atomic E-state index is 13.1. The van der Waals surface area contributed by atoms with Crippen LogP contribution >= 0.6 is 0 Å². The number of nitrogens with zero attached hydrogens (tertiary/aromatic N) is 4. The van der Waals surface area contributed by atoms with Crippen LogP contribution in [-0.4, -0.2) is 69.0 Å². The van der Waals surface area contributed by atoms with E-state index in [4.69, 9.17) is 4.98 Å². The van der Waals surface area contributed by atoms with Crippen molar-refractivity contribution in [1.82, 2.24) is 30.3 Å². The zero-order valence-corrected chi connectivity index (χ0v) is 24.6. The van der Waals surface area contributed by atoms with E-state index in [1.165, 1.54) is 5.69 Å². The molecule has 1 aliphatic carbocycles. The number of anilines is 1. The van der Waals surface area contributed by atoms with E-state index in [9.17, 15) is 19.2 Å². The summed E-state index contributed by atoms with van der Waals surface area (Å²) in [4.78, 5) is 55.7. The summed E-state index contributed by atoms with van der Waals surface area (Å²) in [6.07, 6.45) is 10.9. The van der Waals surface area contributed by atoms with Crippen molar-refractivity contribution < 1.29 is 19.2 Å². The number of hydrogen-bond donors (Lipinski definition) is 3. The van der Waals surface area contributed by atoms with Crippen LogP contribution in [0.4, 0.5) is 5.69 Å². The zero-order chi connectivity index (χ0) is 30.2. The van der Waals surface area contributed by atoms with E-state index in [0.717, 1.165) is 80.0 Å². The lowest BCUT2D eigenvalue weighted by molar-refractivity contribution is -0.136. The molecule has 5 heterocycles. The zero-order valence-electron chi connectivity index (χ0n) is 24.6. The summed E-state index contributed by atoms with van der Waals surface area (Å²) >= 11 is 0. The van der Waals surface area contributed by atoms with Crippen molar-refractivity contribution in [3.63, 3.8) is 0 Å². The number of imide groups is 2. The van der Waals surface area contributed by atoms with Gasteiger partial charge in [-0.1, -0.05) is 6.07 Å². The molecule has 7 rings (SSSR count). The number of aromatic nitrogens is 3. The normalized spacial score (nSPS) is 23.8. The molecule has 11 heteroatoms. The third kappa shape index (κ3) is 5.52. The Labute approximate surface area is 255 Å². The Morgan fingerprint density at radius 1 is 0.955 bits per heavy atom. The molecule has 1 aromatic carbocycles. The van der Waals surface area contributed by atoms with E-state index in [-0.39, 0.29) is 24.3 Å². The lowest BCUT2D eigenvalue weighted by atomic mass is 9.77. The Morgan fingerprint density at radius 2 is 1.77 bits per heavy atom. The van der Waals surface area contributed by atoms with Gasteiger partial charge in [0.1, 0.15) is 6.04 Å². The molecule has 3 fully saturated rings. The van der Waals surface area contributed by atoms with Crippen LogP contribution in [0.2, 0.25) is 0 Å². The number of piperidine rings is 2. The van der Waals surface area contributed by atoms with Gasteiger partial charge in [0.15, 0.2) is 0 Å². The van der Waals surface area contributed by atoms with Crippen molar-refractivity contribution in [1.29, 1.82) is 0 Å². The second-order valence-electron chi connectivity index (χ2n) is 12.4. The fourth-order valence-corrected chi connectivity index (χ4v) is 6.98. The Morgan fingerprint density at radius 3 is 2.59 bits per heavy atom. The largest absolute Gasteiger partial charge is 0.385 e. The quantitative estimate of drug-likeness (QED) is 0.252. The standard InChI is InChI=1S/C33H37N7O4/c41-30-9-8-29(31(42)38-30)40-32(43)25-7-6-23(17-26(25)33(40)44)35-12-2-3-20-15-24(16-20)39-19-22(18-36-39)28-5-1-4-27(37-28)21-10-13-34-14-11-21/h1,4-7,17-21,24,29,34-35H,2-3,8-16H2,(H,38,41,42)/t20-,24-,29?. The molecule has 3 N–H and O–H groups in total. The van der Waals surface area contributed by atoms with E-state index < -0.39 is 23.8 Å². The first kappa shape index (κ1) is 28.4. The fourth-order valence-electron chi connectivity index (χ4n) is 6.98. The second-order valence-corrected chi connectivity index (χ2v) is 12.4. The molecule has 11 nitrogen and oxygen atoms in total. The summed E-state index contributed by atoms with van der Waals surface area (Å²) in [5, 5.41) is 13.7. The van der Waals surface area contributed by atoms with Gasteiger partial charge in [-0.25, -0.2) is 0 Å². The number of benzene rings is 1. The van der Waals surface area contributed by atoms with E-state index in [2.05, 4.69) is 50.1 Å². The summed E-state index contributed by atoms with van der Waals surface area (Å²) in [5.74, 6) is -0.790. The number of fused-ring (bicyclic) bond motifs is 1. The van der Waals surface area contributed by atoms with E-state index in [0.29, 0.717) is 23.4 Å². The molecule has 1 saturated carbocycles. The third-order valence-electron chi connectivity index (χ3n) is 9.57. The molecule has 3 aliphatic heterocycles. The van der Waals surface area contributed by atoms with Crippen molar-refractivity contribution in [2.24, 2.45) is 5.92 Å². The predicted molar refractivity (Wildman–Crippen MR) is 163 cm³/mol. The predicted octanol–water partition coefficient (Wildman–Crippen LogP) is 3.66. The molecule has 0 bridgehead atoms. The van der Waals surface area contributed by atoms with E-state index in [1.54, 1.807) is 18.2 Å². The lowest BCUT2D eigenvalue weighted by Crippen LogP contribution is -2.54. The fraction of sp³-hybridized carbons (Fsp3) is 0.455. The molecule has 1 atom stereocenters. The van der Waals surface area contributed by atoms with E-state index in [1.807, 2.05) is 6.20 Å². The van der Waals surface area contributed by atoms with Crippen molar-refractivity contribution in [3.05, 3.63) is 65.6 Å². The highest BCUT2D eigenvalue weighted by Crippen LogP contribution is 2.40. The monoisotopic (exact) mass is 595 g/mol. The number of rotatable bonds is 9. The average Bonchev–Trinajstić information content (AvgIpc) is 3.60. The molecule has 4 aliphatic rings. The Hall–Kier alpha value is -4.38. The van der Waals surface area contributed by atoms with Crippen LogP contribution in [0.15, 0.2) is 48.8 Å². The molecular formula is C33H37N7O4. The SMILES string of the molecule is O=C1CCC(N2C(=O)c3ccc(NCCC[C@H]4C[C@H](n5cc(-c6cccc(C7CCNCC7)n6)cn5)C4)cc3C2=O)C(=O)N1. The van der Waals surface area contributed by atoms with Gasteiger partial charge in [0.25, 0.3) is 11.8 Å². The third-order valence-corrected chi connectivity index (χ3v) is 9.57. The number of carbonyl (C=O) groups excluding carboxylic acids is 4. The Bertz CT molecular complexity index is 1600. The number of pyridine rings is 1. The van der Waals surface area contributed by atoms with Gasteiger partial charge in [0.2, 0.25) is 11.8 Å². The van der Waals surface area contributed by atoms with Crippen molar-refractivity contribution in [2.75, 3.05) is 25.0 Å². The molecule has 228 valence electrons. The van der Waals surface area contributed by atoms with Gasteiger partial charge in [0, 0.05) is 42.0 Å². The minimum atomic E-state index is -0.955. The van der Waals surface area contributed by atoms with Crippen molar-refractivity contribution >= 4 is 29.3 Å². The van der Waals surface area contributed by atoms with E-state index >= 15 is 0 Å². The van der Waals surface area contributed by atoms with Crippen LogP contribution in [0.1, 0.15) is 89.7 Å². The highest BCUT2D eigenvalue weighted by molar-refractivity contribution is 6.23.